The van der Waals surface area contributed by atoms with Gasteiger partial charge in [-0.1, -0.05) is 11.6 Å². The molecule has 1 aromatic heterocycles. The first kappa shape index (κ1) is 19.3. The fourth-order valence-electron chi connectivity index (χ4n) is 4.44. The van der Waals surface area contributed by atoms with Crippen LogP contribution in [0.4, 0.5) is 17.5 Å². The van der Waals surface area contributed by atoms with Crippen molar-refractivity contribution < 1.29 is 4.55 Å². The van der Waals surface area contributed by atoms with Crippen molar-refractivity contribution in [1.29, 1.82) is 0 Å². The van der Waals surface area contributed by atoms with E-state index in [0.717, 1.165) is 73.1 Å². The number of nitrogens with zero attached hydrogens (tertiary/aromatic N) is 5. The molecular weight excluding hydrogens is 406 g/mol. The van der Waals surface area contributed by atoms with Crippen molar-refractivity contribution in [3.8, 4) is 0 Å². The molecule has 154 valence electrons. The second-order valence-electron chi connectivity index (χ2n) is 7.92. The molecule has 0 amide bonds. The SMILES string of the molecule is [O-][S+]1CCc2nc(N3CCN(c4ccc(Cl)cc4)CC3)nc(N3CCCCC3)c21. The summed E-state index contributed by atoms with van der Waals surface area (Å²) in [6, 6.07) is 8.04. The molecule has 0 radical (unpaired) electrons. The molecule has 4 heterocycles. The zero-order valence-corrected chi connectivity index (χ0v) is 18.1. The first-order chi connectivity index (χ1) is 14.2. The van der Waals surface area contributed by atoms with Crippen LogP contribution in [0.1, 0.15) is 25.0 Å². The third-order valence-corrected chi connectivity index (χ3v) is 7.77. The van der Waals surface area contributed by atoms with Gasteiger partial charge in [-0.05, 0) is 54.7 Å². The van der Waals surface area contributed by atoms with Crippen LogP contribution in [-0.4, -0.2) is 59.5 Å². The quantitative estimate of drug-likeness (QED) is 0.696. The lowest BCUT2D eigenvalue weighted by Gasteiger charge is -2.37. The number of hydrogen-bond donors (Lipinski definition) is 0. The minimum absolute atomic E-state index is 0.679. The normalized spacial score (nSPS) is 22.1. The Morgan fingerprint density at radius 1 is 0.828 bits per heavy atom. The summed E-state index contributed by atoms with van der Waals surface area (Å²) in [7, 11) is 0. The van der Waals surface area contributed by atoms with E-state index in [1.807, 2.05) is 12.1 Å². The number of piperidine rings is 1. The van der Waals surface area contributed by atoms with E-state index in [0.29, 0.717) is 5.75 Å². The molecule has 3 aliphatic heterocycles. The molecule has 1 unspecified atom stereocenters. The van der Waals surface area contributed by atoms with Crippen LogP contribution in [0.25, 0.3) is 0 Å². The molecule has 6 nitrogen and oxygen atoms in total. The van der Waals surface area contributed by atoms with Crippen molar-refractivity contribution in [2.75, 3.05) is 59.7 Å². The van der Waals surface area contributed by atoms with Crippen molar-refractivity contribution in [2.24, 2.45) is 0 Å². The Morgan fingerprint density at radius 3 is 2.24 bits per heavy atom. The van der Waals surface area contributed by atoms with Crippen LogP contribution in [0.2, 0.25) is 5.02 Å². The molecule has 2 saturated heterocycles. The molecule has 0 aliphatic carbocycles. The number of aromatic nitrogens is 2. The smallest absolute Gasteiger partial charge is 0.228 e. The zero-order valence-electron chi connectivity index (χ0n) is 16.5. The molecule has 2 aromatic rings. The number of piperazine rings is 1. The Hall–Kier alpha value is -1.70. The van der Waals surface area contributed by atoms with E-state index in [1.54, 1.807) is 0 Å². The molecule has 3 aliphatic rings. The first-order valence-corrected chi connectivity index (χ1v) is 12.2. The van der Waals surface area contributed by atoms with Crippen molar-refractivity contribution in [3.05, 3.63) is 35.0 Å². The average Bonchev–Trinajstić information content (AvgIpc) is 3.15. The van der Waals surface area contributed by atoms with Gasteiger partial charge in [0.1, 0.15) is 11.4 Å². The van der Waals surface area contributed by atoms with Gasteiger partial charge in [0.25, 0.3) is 0 Å². The minimum Gasteiger partial charge on any atom is -0.611 e. The highest BCUT2D eigenvalue weighted by Gasteiger charge is 2.35. The van der Waals surface area contributed by atoms with E-state index in [1.165, 1.54) is 24.9 Å². The van der Waals surface area contributed by atoms with Gasteiger partial charge in [-0.2, -0.15) is 4.98 Å². The predicted molar refractivity (Wildman–Crippen MR) is 119 cm³/mol. The molecule has 0 N–H and O–H groups in total. The monoisotopic (exact) mass is 431 g/mol. The first-order valence-electron chi connectivity index (χ1n) is 10.5. The maximum Gasteiger partial charge on any atom is 0.228 e. The summed E-state index contributed by atoms with van der Waals surface area (Å²) in [5.74, 6) is 2.41. The van der Waals surface area contributed by atoms with Gasteiger partial charge < -0.3 is 19.3 Å². The lowest BCUT2D eigenvalue weighted by Crippen LogP contribution is -2.47. The number of hydrogen-bond acceptors (Lipinski definition) is 6. The molecule has 1 atom stereocenters. The Labute approximate surface area is 180 Å². The van der Waals surface area contributed by atoms with Crippen LogP contribution in [0, 0.1) is 0 Å². The maximum absolute atomic E-state index is 12.6. The Morgan fingerprint density at radius 2 is 1.52 bits per heavy atom. The van der Waals surface area contributed by atoms with Crippen LogP contribution in [0.15, 0.2) is 29.2 Å². The lowest BCUT2D eigenvalue weighted by molar-refractivity contribution is 0.564. The van der Waals surface area contributed by atoms with E-state index in [-0.39, 0.29) is 0 Å². The van der Waals surface area contributed by atoms with Gasteiger partial charge in [0.2, 0.25) is 10.8 Å². The molecule has 0 saturated carbocycles. The standard InChI is InChI=1S/C21H26ClN5OS/c22-16-4-6-17(7-5-16)25-11-13-27(14-12-25)21-23-18-8-15-29(28)19(18)20(24-21)26-9-2-1-3-10-26/h4-7H,1-3,8-15H2. The predicted octanol–water partition coefficient (Wildman–Crippen LogP) is 3.11. The molecule has 29 heavy (non-hydrogen) atoms. The summed E-state index contributed by atoms with van der Waals surface area (Å²) in [4.78, 5) is 17.7. The van der Waals surface area contributed by atoms with Crippen LogP contribution < -0.4 is 14.7 Å². The van der Waals surface area contributed by atoms with Gasteiger partial charge in [0, 0.05) is 56.4 Å². The molecule has 5 rings (SSSR count). The van der Waals surface area contributed by atoms with Crippen molar-refractivity contribution in [2.45, 2.75) is 30.6 Å². The van der Waals surface area contributed by atoms with E-state index < -0.39 is 11.2 Å². The second-order valence-corrected chi connectivity index (χ2v) is 9.86. The Balaban J connectivity index is 1.37. The second kappa shape index (κ2) is 8.20. The summed E-state index contributed by atoms with van der Waals surface area (Å²) < 4.78 is 12.6. The molecule has 8 heteroatoms. The van der Waals surface area contributed by atoms with Gasteiger partial charge in [-0.25, -0.2) is 4.98 Å². The third-order valence-electron chi connectivity index (χ3n) is 6.07. The van der Waals surface area contributed by atoms with Crippen LogP contribution in [0.3, 0.4) is 0 Å². The third kappa shape index (κ3) is 3.88. The zero-order chi connectivity index (χ0) is 19.8. The highest BCUT2D eigenvalue weighted by molar-refractivity contribution is 7.91. The largest absolute Gasteiger partial charge is 0.611 e. The number of anilines is 3. The van der Waals surface area contributed by atoms with E-state index in [4.69, 9.17) is 21.6 Å². The number of rotatable bonds is 3. The van der Waals surface area contributed by atoms with Gasteiger partial charge >= 0.3 is 0 Å². The van der Waals surface area contributed by atoms with Crippen LogP contribution in [-0.2, 0) is 17.6 Å². The fraction of sp³-hybridized carbons (Fsp3) is 0.524. The molecule has 0 bridgehead atoms. The Bertz CT molecular complexity index is 866. The summed E-state index contributed by atoms with van der Waals surface area (Å²) in [5, 5.41) is 0.765. The molecule has 2 fully saturated rings. The highest BCUT2D eigenvalue weighted by Crippen LogP contribution is 2.35. The minimum atomic E-state index is -0.961. The number of fused-ring (bicyclic) bond motifs is 1. The van der Waals surface area contributed by atoms with Crippen LogP contribution >= 0.6 is 11.6 Å². The van der Waals surface area contributed by atoms with Crippen molar-refractivity contribution in [1.82, 2.24) is 9.97 Å². The van der Waals surface area contributed by atoms with Gasteiger partial charge in [-0.3, -0.25) is 0 Å². The van der Waals surface area contributed by atoms with Crippen LogP contribution in [0.5, 0.6) is 0 Å². The molecular formula is C21H26ClN5OS. The van der Waals surface area contributed by atoms with E-state index in [2.05, 4.69) is 26.8 Å². The Kier molecular flexibility index (Phi) is 5.45. The summed E-state index contributed by atoms with van der Waals surface area (Å²) in [6.07, 6.45) is 4.43. The van der Waals surface area contributed by atoms with Crippen molar-refractivity contribution in [3.63, 3.8) is 0 Å². The summed E-state index contributed by atoms with van der Waals surface area (Å²) in [6.45, 7) is 5.61. The fourth-order valence-corrected chi connectivity index (χ4v) is 5.94. The number of aryl methyl sites for hydroxylation is 1. The maximum atomic E-state index is 12.6. The van der Waals surface area contributed by atoms with Gasteiger partial charge in [-0.15, -0.1) is 0 Å². The number of benzene rings is 1. The molecule has 1 aromatic carbocycles. The topological polar surface area (TPSA) is 58.6 Å². The lowest BCUT2D eigenvalue weighted by atomic mass is 10.1. The highest BCUT2D eigenvalue weighted by atomic mass is 35.5. The number of halogens is 1. The van der Waals surface area contributed by atoms with Gasteiger partial charge in [0.15, 0.2) is 5.82 Å². The summed E-state index contributed by atoms with van der Waals surface area (Å²) >= 11 is 5.06. The van der Waals surface area contributed by atoms with E-state index in [9.17, 15) is 4.55 Å². The summed E-state index contributed by atoms with van der Waals surface area (Å²) in [5.41, 5.74) is 2.20. The average molecular weight is 432 g/mol. The molecule has 0 spiro atoms. The van der Waals surface area contributed by atoms with Crippen molar-refractivity contribution >= 4 is 40.2 Å². The van der Waals surface area contributed by atoms with E-state index >= 15 is 0 Å². The van der Waals surface area contributed by atoms with Gasteiger partial charge in [0.05, 0.1) is 0 Å².